The number of carbonyl (C=O) groups is 3. The first-order valence-corrected chi connectivity index (χ1v) is 9.31. The molecule has 0 aromatic rings. The largest absolute Gasteiger partial charge is 0.355 e. The van der Waals surface area contributed by atoms with Gasteiger partial charge in [0.1, 0.15) is 6.04 Å². The highest BCUT2D eigenvalue weighted by atomic mass is 32.2. The zero-order chi connectivity index (χ0) is 15.9. The summed E-state index contributed by atoms with van der Waals surface area (Å²) in [5, 5.41) is 2.77. The number of nitrogens with zero attached hydrogens (tertiary/aromatic N) is 1. The van der Waals surface area contributed by atoms with Crippen LogP contribution in [-0.2, 0) is 14.4 Å². The molecule has 0 radical (unpaired) electrons. The lowest BCUT2D eigenvalue weighted by Crippen LogP contribution is -2.50. The van der Waals surface area contributed by atoms with Gasteiger partial charge in [-0.15, -0.1) is 0 Å². The first-order valence-electron chi connectivity index (χ1n) is 7.92. The maximum absolute atomic E-state index is 12.8. The van der Waals surface area contributed by atoms with E-state index < -0.39 is 6.04 Å². The summed E-state index contributed by atoms with van der Waals surface area (Å²) >= 11 is 1.62. The number of carbonyl (C=O) groups excluding carboxylic acids is 3. The maximum Gasteiger partial charge on any atom is 0.243 e. The molecule has 5 unspecified atom stereocenters. The van der Waals surface area contributed by atoms with Crippen molar-refractivity contribution in [1.29, 1.82) is 0 Å². The lowest BCUT2D eigenvalue weighted by Gasteiger charge is -2.26. The van der Waals surface area contributed by atoms with Gasteiger partial charge in [-0.05, 0) is 43.6 Å². The van der Waals surface area contributed by atoms with Crippen LogP contribution in [0.1, 0.15) is 19.8 Å². The monoisotopic (exact) mass is 322 g/mol. The molecule has 1 saturated heterocycles. The number of thioether (sulfide) groups is 1. The van der Waals surface area contributed by atoms with Gasteiger partial charge >= 0.3 is 0 Å². The SMILES string of the molecule is CCNC(=O)C(CCSC)N1C(=O)C2C3C=CC(C3)C2C1=O. The van der Waals surface area contributed by atoms with E-state index >= 15 is 0 Å². The molecule has 2 bridgehead atoms. The Morgan fingerprint density at radius 1 is 1.32 bits per heavy atom. The van der Waals surface area contributed by atoms with Gasteiger partial charge in [0.15, 0.2) is 0 Å². The second kappa shape index (κ2) is 6.07. The number of rotatable bonds is 6. The summed E-state index contributed by atoms with van der Waals surface area (Å²) in [6.07, 6.45) is 7.54. The molecule has 0 spiro atoms. The van der Waals surface area contributed by atoms with Crippen LogP contribution in [0.3, 0.4) is 0 Å². The predicted molar refractivity (Wildman–Crippen MR) is 85.0 cm³/mol. The van der Waals surface area contributed by atoms with Crippen molar-refractivity contribution in [3.05, 3.63) is 12.2 Å². The lowest BCUT2D eigenvalue weighted by molar-refractivity contribution is -0.148. The van der Waals surface area contributed by atoms with E-state index in [-0.39, 0.29) is 41.4 Å². The van der Waals surface area contributed by atoms with Crippen molar-refractivity contribution in [1.82, 2.24) is 10.2 Å². The molecule has 3 rings (SSSR count). The first-order chi connectivity index (χ1) is 10.6. The van der Waals surface area contributed by atoms with Crippen molar-refractivity contribution in [2.24, 2.45) is 23.7 Å². The van der Waals surface area contributed by atoms with Gasteiger partial charge in [0.2, 0.25) is 17.7 Å². The molecule has 5 atom stereocenters. The van der Waals surface area contributed by atoms with E-state index in [1.807, 2.05) is 13.2 Å². The Hall–Kier alpha value is -1.30. The molecule has 0 aromatic carbocycles. The highest BCUT2D eigenvalue weighted by molar-refractivity contribution is 7.98. The normalized spacial score (nSPS) is 33.5. The van der Waals surface area contributed by atoms with Crippen molar-refractivity contribution < 1.29 is 14.4 Å². The summed E-state index contributed by atoms with van der Waals surface area (Å²) in [6.45, 7) is 2.35. The second-order valence-electron chi connectivity index (χ2n) is 6.24. The van der Waals surface area contributed by atoms with E-state index in [4.69, 9.17) is 0 Å². The molecular weight excluding hydrogens is 300 g/mol. The van der Waals surface area contributed by atoms with Gasteiger partial charge in [-0.1, -0.05) is 12.2 Å². The average Bonchev–Trinajstić information content (AvgIpc) is 3.16. The van der Waals surface area contributed by atoms with Gasteiger partial charge in [0.05, 0.1) is 11.8 Å². The second-order valence-corrected chi connectivity index (χ2v) is 7.22. The summed E-state index contributed by atoms with van der Waals surface area (Å²) in [6, 6.07) is -0.655. The van der Waals surface area contributed by atoms with E-state index in [1.54, 1.807) is 11.8 Å². The lowest BCUT2D eigenvalue weighted by atomic mass is 9.85. The van der Waals surface area contributed by atoms with Crippen molar-refractivity contribution in [2.75, 3.05) is 18.6 Å². The summed E-state index contributed by atoms with van der Waals surface area (Å²) in [5.41, 5.74) is 0. The summed E-state index contributed by atoms with van der Waals surface area (Å²) in [4.78, 5) is 39.2. The molecule has 120 valence electrons. The number of imide groups is 1. The van der Waals surface area contributed by atoms with Crippen molar-refractivity contribution in [3.8, 4) is 0 Å². The van der Waals surface area contributed by atoms with Crippen LogP contribution in [0, 0.1) is 23.7 Å². The zero-order valence-electron chi connectivity index (χ0n) is 13.0. The molecule has 2 aliphatic carbocycles. The standard InChI is InChI=1S/C16H22N2O3S/c1-3-17-14(19)11(6-7-22-2)18-15(20)12-9-4-5-10(8-9)13(12)16(18)21/h4-5,9-13H,3,6-8H2,1-2H3,(H,17,19). The van der Waals surface area contributed by atoms with Gasteiger partial charge in [-0.2, -0.15) is 11.8 Å². The van der Waals surface area contributed by atoms with Crippen LogP contribution < -0.4 is 5.32 Å². The quantitative estimate of drug-likeness (QED) is 0.586. The average molecular weight is 322 g/mol. The van der Waals surface area contributed by atoms with Crippen LogP contribution in [-0.4, -0.2) is 47.2 Å². The fourth-order valence-electron chi connectivity index (χ4n) is 4.13. The van der Waals surface area contributed by atoms with E-state index in [0.717, 1.165) is 12.2 Å². The molecule has 1 N–H and O–H groups in total. The van der Waals surface area contributed by atoms with Crippen LogP contribution in [0.4, 0.5) is 0 Å². The number of likely N-dealkylation sites (tertiary alicyclic amines) is 1. The number of allylic oxidation sites excluding steroid dienone is 2. The number of likely N-dealkylation sites (N-methyl/N-ethyl adjacent to an activating group) is 1. The molecular formula is C16H22N2O3S. The number of fused-ring (bicyclic) bond motifs is 5. The molecule has 22 heavy (non-hydrogen) atoms. The molecule has 1 heterocycles. The first kappa shape index (κ1) is 15.6. The molecule has 1 saturated carbocycles. The Morgan fingerprint density at radius 3 is 2.41 bits per heavy atom. The van der Waals surface area contributed by atoms with E-state index in [0.29, 0.717) is 13.0 Å². The number of nitrogens with one attached hydrogen (secondary N) is 1. The van der Waals surface area contributed by atoms with Crippen LogP contribution >= 0.6 is 11.8 Å². The van der Waals surface area contributed by atoms with Crippen LogP contribution in [0.15, 0.2) is 12.2 Å². The van der Waals surface area contributed by atoms with Gasteiger partial charge < -0.3 is 5.32 Å². The van der Waals surface area contributed by atoms with Crippen molar-refractivity contribution in [3.63, 3.8) is 0 Å². The minimum atomic E-state index is -0.655. The van der Waals surface area contributed by atoms with Gasteiger partial charge in [0, 0.05) is 6.54 Å². The molecule has 1 aliphatic heterocycles. The van der Waals surface area contributed by atoms with Gasteiger partial charge in [-0.25, -0.2) is 0 Å². The Balaban J connectivity index is 1.84. The van der Waals surface area contributed by atoms with Crippen LogP contribution in [0.2, 0.25) is 0 Å². The molecule has 0 aromatic heterocycles. The predicted octanol–water partition coefficient (Wildman–Crippen LogP) is 1.05. The van der Waals surface area contributed by atoms with E-state index in [9.17, 15) is 14.4 Å². The smallest absolute Gasteiger partial charge is 0.243 e. The molecule has 5 nitrogen and oxygen atoms in total. The number of hydrogen-bond acceptors (Lipinski definition) is 4. The third kappa shape index (κ3) is 2.28. The third-order valence-electron chi connectivity index (χ3n) is 5.07. The minimum Gasteiger partial charge on any atom is -0.355 e. The number of hydrogen-bond donors (Lipinski definition) is 1. The van der Waals surface area contributed by atoms with Crippen molar-refractivity contribution in [2.45, 2.75) is 25.8 Å². The van der Waals surface area contributed by atoms with Crippen molar-refractivity contribution >= 4 is 29.5 Å². The Kier molecular flexibility index (Phi) is 4.30. The van der Waals surface area contributed by atoms with Gasteiger partial charge in [0.25, 0.3) is 0 Å². The highest BCUT2D eigenvalue weighted by Crippen LogP contribution is 2.52. The van der Waals surface area contributed by atoms with E-state index in [1.165, 1.54) is 4.90 Å². The Morgan fingerprint density at radius 2 is 1.91 bits per heavy atom. The Bertz CT molecular complexity index is 503. The summed E-state index contributed by atoms with van der Waals surface area (Å²) in [7, 11) is 0. The third-order valence-corrected chi connectivity index (χ3v) is 5.71. The summed E-state index contributed by atoms with van der Waals surface area (Å²) in [5.74, 6) is 0.187. The molecule has 2 fully saturated rings. The zero-order valence-corrected chi connectivity index (χ0v) is 13.8. The molecule has 3 amide bonds. The van der Waals surface area contributed by atoms with Gasteiger partial charge in [-0.3, -0.25) is 19.3 Å². The van der Waals surface area contributed by atoms with E-state index in [2.05, 4.69) is 17.5 Å². The van der Waals surface area contributed by atoms with Crippen LogP contribution in [0.5, 0.6) is 0 Å². The molecule has 3 aliphatic rings. The maximum atomic E-state index is 12.8. The number of amides is 3. The van der Waals surface area contributed by atoms with Crippen LogP contribution in [0.25, 0.3) is 0 Å². The highest BCUT2D eigenvalue weighted by Gasteiger charge is 2.60. The fraction of sp³-hybridized carbons (Fsp3) is 0.688. The Labute approximate surface area is 134 Å². The minimum absolute atomic E-state index is 0.135. The topological polar surface area (TPSA) is 66.5 Å². The summed E-state index contributed by atoms with van der Waals surface area (Å²) < 4.78 is 0. The molecule has 6 heteroatoms. The fourth-order valence-corrected chi connectivity index (χ4v) is 4.59.